The smallest absolute Gasteiger partial charge is 0.151 e. The number of benzene rings is 1. The van der Waals surface area contributed by atoms with Crippen molar-refractivity contribution in [3.05, 3.63) is 30.3 Å². The van der Waals surface area contributed by atoms with Crippen LogP contribution < -0.4 is 4.74 Å². The van der Waals surface area contributed by atoms with E-state index in [9.17, 15) is 0 Å². The Kier molecular flexibility index (Phi) is 9.01. The van der Waals surface area contributed by atoms with Crippen molar-refractivity contribution in [2.75, 3.05) is 39.6 Å². The first kappa shape index (κ1) is 15.9. The Balaban J connectivity index is 1.81. The highest BCUT2D eigenvalue weighted by Crippen LogP contribution is 2.07. The van der Waals surface area contributed by atoms with Gasteiger partial charge in [0.25, 0.3) is 0 Å². The molecule has 0 spiro atoms. The van der Waals surface area contributed by atoms with Crippen LogP contribution in [0.15, 0.2) is 30.3 Å². The Morgan fingerprint density at radius 1 is 0.895 bits per heavy atom. The summed E-state index contributed by atoms with van der Waals surface area (Å²) in [6, 6.07) is 9.62. The maximum atomic E-state index is 8.83. The van der Waals surface area contributed by atoms with E-state index in [2.05, 4.69) is 0 Å². The van der Waals surface area contributed by atoms with Gasteiger partial charge in [-0.15, -0.1) is 0 Å². The second kappa shape index (κ2) is 10.8. The average Bonchev–Trinajstić information content (AvgIpc) is 2.42. The van der Waals surface area contributed by atoms with Gasteiger partial charge in [0.1, 0.15) is 12.4 Å². The molecule has 0 fully saturated rings. The van der Waals surface area contributed by atoms with E-state index < -0.39 is 6.29 Å². The van der Waals surface area contributed by atoms with Gasteiger partial charge in [-0.25, -0.2) is 0 Å². The second-order valence-electron chi connectivity index (χ2n) is 3.86. The fraction of sp³-hybridized carbons (Fsp3) is 0.571. The minimum Gasteiger partial charge on any atom is -0.491 e. The lowest BCUT2D eigenvalue weighted by Crippen LogP contribution is -2.15. The Morgan fingerprint density at radius 2 is 1.47 bits per heavy atom. The molecule has 1 N–H and O–H groups in total. The summed E-state index contributed by atoms with van der Waals surface area (Å²) in [5, 5.41) is 8.83. The normalized spacial score (nSPS) is 12.3. The molecule has 5 nitrogen and oxygen atoms in total. The lowest BCUT2D eigenvalue weighted by Gasteiger charge is -2.08. The Morgan fingerprint density at radius 3 is 2.11 bits per heavy atom. The molecule has 0 heterocycles. The van der Waals surface area contributed by atoms with Crippen LogP contribution in [0.1, 0.15) is 6.92 Å². The number of aliphatic hydroxyl groups excluding tert-OH is 1. The molecular weight excluding hydrogens is 248 g/mol. The van der Waals surface area contributed by atoms with Crippen LogP contribution in [0, 0.1) is 0 Å². The maximum absolute atomic E-state index is 8.83. The second-order valence-corrected chi connectivity index (χ2v) is 3.86. The van der Waals surface area contributed by atoms with Crippen molar-refractivity contribution in [3.63, 3.8) is 0 Å². The standard InChI is InChI=1S/C14H22O5/c1-13(15)18-11-9-16-7-8-17-10-12-19-14-5-3-2-4-6-14/h2-6,13,15H,7-12H2,1H3. The van der Waals surface area contributed by atoms with Crippen molar-refractivity contribution in [2.24, 2.45) is 0 Å². The summed E-state index contributed by atoms with van der Waals surface area (Å²) in [5.41, 5.74) is 0. The van der Waals surface area contributed by atoms with Crippen molar-refractivity contribution in [1.82, 2.24) is 0 Å². The van der Waals surface area contributed by atoms with Gasteiger partial charge >= 0.3 is 0 Å². The summed E-state index contributed by atoms with van der Waals surface area (Å²) in [5.74, 6) is 0.845. The fourth-order valence-electron chi connectivity index (χ4n) is 1.33. The quantitative estimate of drug-likeness (QED) is 0.487. The molecule has 0 bridgehead atoms. The molecule has 0 aliphatic heterocycles. The van der Waals surface area contributed by atoms with Gasteiger partial charge in [-0.05, 0) is 19.1 Å². The summed E-state index contributed by atoms with van der Waals surface area (Å²) in [6.45, 7) is 4.48. The van der Waals surface area contributed by atoms with Gasteiger partial charge in [0.2, 0.25) is 0 Å². The molecule has 0 aromatic heterocycles. The summed E-state index contributed by atoms with van der Waals surface area (Å²) in [6.07, 6.45) is -0.741. The van der Waals surface area contributed by atoms with E-state index in [1.165, 1.54) is 0 Å². The molecule has 0 radical (unpaired) electrons. The van der Waals surface area contributed by atoms with Crippen LogP contribution >= 0.6 is 0 Å². The zero-order valence-corrected chi connectivity index (χ0v) is 11.3. The van der Waals surface area contributed by atoms with Gasteiger partial charge in [0.15, 0.2) is 6.29 Å². The van der Waals surface area contributed by atoms with Crippen molar-refractivity contribution in [1.29, 1.82) is 0 Å². The van der Waals surface area contributed by atoms with E-state index in [1.54, 1.807) is 6.92 Å². The van der Waals surface area contributed by atoms with E-state index >= 15 is 0 Å². The average molecular weight is 270 g/mol. The molecule has 1 aromatic carbocycles. The summed E-state index contributed by atoms with van der Waals surface area (Å²) < 4.78 is 21.0. The Hall–Kier alpha value is -1.14. The molecule has 0 aliphatic rings. The number of aliphatic hydroxyl groups is 1. The van der Waals surface area contributed by atoms with Crippen molar-refractivity contribution in [3.8, 4) is 5.75 Å². The van der Waals surface area contributed by atoms with E-state index in [0.717, 1.165) is 5.75 Å². The molecule has 1 unspecified atom stereocenters. The van der Waals surface area contributed by atoms with E-state index in [-0.39, 0.29) is 0 Å². The third-order valence-electron chi connectivity index (χ3n) is 2.20. The summed E-state index contributed by atoms with van der Waals surface area (Å²) >= 11 is 0. The van der Waals surface area contributed by atoms with Gasteiger partial charge in [0.05, 0.1) is 33.0 Å². The topological polar surface area (TPSA) is 57.2 Å². The predicted octanol–water partition coefficient (Wildman–Crippen LogP) is 1.45. The van der Waals surface area contributed by atoms with Gasteiger partial charge < -0.3 is 24.1 Å². The molecule has 19 heavy (non-hydrogen) atoms. The number of rotatable bonds is 11. The number of hydrogen-bond acceptors (Lipinski definition) is 5. The van der Waals surface area contributed by atoms with E-state index in [4.69, 9.17) is 24.1 Å². The molecular formula is C14H22O5. The molecule has 1 rings (SSSR count). The lowest BCUT2D eigenvalue weighted by atomic mass is 10.3. The highest BCUT2D eigenvalue weighted by molar-refractivity contribution is 5.20. The fourth-order valence-corrected chi connectivity index (χ4v) is 1.33. The molecule has 108 valence electrons. The first-order valence-corrected chi connectivity index (χ1v) is 6.42. The zero-order valence-electron chi connectivity index (χ0n) is 11.3. The molecule has 0 saturated carbocycles. The molecule has 1 atom stereocenters. The molecule has 0 amide bonds. The highest BCUT2D eigenvalue weighted by Gasteiger charge is 1.95. The van der Waals surface area contributed by atoms with E-state index in [1.807, 2.05) is 30.3 Å². The molecule has 5 heteroatoms. The van der Waals surface area contributed by atoms with Gasteiger partial charge in [0, 0.05) is 0 Å². The van der Waals surface area contributed by atoms with E-state index in [0.29, 0.717) is 39.6 Å². The largest absolute Gasteiger partial charge is 0.491 e. The lowest BCUT2D eigenvalue weighted by molar-refractivity contribution is -0.101. The number of ether oxygens (including phenoxy) is 4. The highest BCUT2D eigenvalue weighted by atomic mass is 16.6. The molecule has 0 saturated heterocycles. The van der Waals surface area contributed by atoms with Crippen LogP contribution in [0.25, 0.3) is 0 Å². The van der Waals surface area contributed by atoms with Crippen LogP contribution in [-0.2, 0) is 14.2 Å². The monoisotopic (exact) mass is 270 g/mol. The van der Waals surface area contributed by atoms with Gasteiger partial charge in [-0.1, -0.05) is 18.2 Å². The van der Waals surface area contributed by atoms with Crippen LogP contribution in [0.4, 0.5) is 0 Å². The van der Waals surface area contributed by atoms with Crippen molar-refractivity contribution < 1.29 is 24.1 Å². The molecule has 0 aliphatic carbocycles. The van der Waals surface area contributed by atoms with Crippen molar-refractivity contribution in [2.45, 2.75) is 13.2 Å². The maximum Gasteiger partial charge on any atom is 0.151 e. The SMILES string of the molecule is CC(O)OCCOCCOCCOc1ccccc1. The van der Waals surface area contributed by atoms with Crippen LogP contribution in [0.3, 0.4) is 0 Å². The Labute approximate surface area is 114 Å². The van der Waals surface area contributed by atoms with Crippen LogP contribution in [-0.4, -0.2) is 51.0 Å². The third kappa shape index (κ3) is 9.44. The van der Waals surface area contributed by atoms with Crippen LogP contribution in [0.5, 0.6) is 5.75 Å². The minimum atomic E-state index is -0.741. The number of hydrogen-bond donors (Lipinski definition) is 1. The van der Waals surface area contributed by atoms with Gasteiger partial charge in [-0.2, -0.15) is 0 Å². The summed E-state index contributed by atoms with van der Waals surface area (Å²) in [7, 11) is 0. The zero-order chi connectivity index (χ0) is 13.8. The first-order chi connectivity index (χ1) is 9.29. The van der Waals surface area contributed by atoms with Crippen LogP contribution in [0.2, 0.25) is 0 Å². The number of para-hydroxylation sites is 1. The Bertz CT molecular complexity index is 302. The summed E-state index contributed by atoms with van der Waals surface area (Å²) in [4.78, 5) is 0. The van der Waals surface area contributed by atoms with Crippen molar-refractivity contribution >= 4 is 0 Å². The third-order valence-corrected chi connectivity index (χ3v) is 2.20. The molecule has 1 aromatic rings. The predicted molar refractivity (Wildman–Crippen MR) is 71.2 cm³/mol. The first-order valence-electron chi connectivity index (χ1n) is 6.42. The minimum absolute atomic E-state index is 0.384. The van der Waals surface area contributed by atoms with Gasteiger partial charge in [-0.3, -0.25) is 0 Å².